The van der Waals surface area contributed by atoms with Crippen LogP contribution in [0.3, 0.4) is 0 Å². The Balaban J connectivity index is 2.03. The maximum atomic E-state index is 12.8. The smallest absolute Gasteiger partial charge is 0.295 e. The number of unbranched alkanes of at least 4 members (excludes halogenated alkanes) is 3. The fourth-order valence-electron chi connectivity index (χ4n) is 3.55. The van der Waals surface area contributed by atoms with E-state index in [1.165, 1.54) is 0 Å². The number of amides is 1. The van der Waals surface area contributed by atoms with E-state index in [-0.39, 0.29) is 11.3 Å². The number of carbonyl (C=O) groups excluding carboxylic acids is 2. The van der Waals surface area contributed by atoms with Gasteiger partial charge in [0.2, 0.25) is 0 Å². The van der Waals surface area contributed by atoms with Crippen molar-refractivity contribution in [3.8, 4) is 0 Å². The van der Waals surface area contributed by atoms with Crippen LogP contribution in [0.5, 0.6) is 0 Å². The van der Waals surface area contributed by atoms with Crippen molar-refractivity contribution in [1.29, 1.82) is 0 Å². The average Bonchev–Trinajstić information content (AvgIpc) is 2.97. The van der Waals surface area contributed by atoms with Crippen molar-refractivity contribution in [2.24, 2.45) is 0 Å². The van der Waals surface area contributed by atoms with E-state index >= 15 is 0 Å². The minimum absolute atomic E-state index is 0.112. The van der Waals surface area contributed by atoms with E-state index < -0.39 is 17.7 Å². The summed E-state index contributed by atoms with van der Waals surface area (Å²) in [5.41, 5.74) is 1.56. The minimum Gasteiger partial charge on any atom is -0.507 e. The molecule has 0 radical (unpaired) electrons. The molecular formula is C23H25NO3. The largest absolute Gasteiger partial charge is 0.507 e. The Hall–Kier alpha value is -2.88. The highest BCUT2D eigenvalue weighted by Gasteiger charge is 2.45. The molecule has 1 heterocycles. The van der Waals surface area contributed by atoms with E-state index in [2.05, 4.69) is 6.92 Å². The quantitative estimate of drug-likeness (QED) is 0.336. The summed E-state index contributed by atoms with van der Waals surface area (Å²) in [6.07, 6.45) is 4.06. The van der Waals surface area contributed by atoms with Crippen molar-refractivity contribution >= 4 is 17.4 Å². The fraction of sp³-hybridized carbons (Fsp3) is 0.304. The molecule has 0 aliphatic carbocycles. The molecule has 1 aliphatic rings. The van der Waals surface area contributed by atoms with Crippen LogP contribution in [-0.2, 0) is 9.59 Å². The molecule has 2 aromatic carbocycles. The summed E-state index contributed by atoms with van der Waals surface area (Å²) in [4.78, 5) is 27.1. The second-order valence-corrected chi connectivity index (χ2v) is 6.83. The van der Waals surface area contributed by atoms with Gasteiger partial charge in [0, 0.05) is 12.1 Å². The predicted molar refractivity (Wildman–Crippen MR) is 106 cm³/mol. The van der Waals surface area contributed by atoms with Crippen LogP contribution in [0.1, 0.15) is 49.8 Å². The van der Waals surface area contributed by atoms with Gasteiger partial charge in [-0.1, -0.05) is 86.8 Å². The van der Waals surface area contributed by atoms with Crippen LogP contribution in [0.25, 0.3) is 5.76 Å². The minimum atomic E-state index is -0.610. The molecule has 0 saturated carbocycles. The number of nitrogens with zero attached hydrogens (tertiary/aromatic N) is 1. The highest BCUT2D eigenvalue weighted by atomic mass is 16.3. The summed E-state index contributed by atoms with van der Waals surface area (Å²) in [5, 5.41) is 10.8. The van der Waals surface area contributed by atoms with Gasteiger partial charge in [-0.2, -0.15) is 0 Å². The number of rotatable bonds is 7. The van der Waals surface area contributed by atoms with Crippen LogP contribution >= 0.6 is 0 Å². The summed E-state index contributed by atoms with van der Waals surface area (Å²) >= 11 is 0. The lowest BCUT2D eigenvalue weighted by molar-refractivity contribution is -0.139. The summed E-state index contributed by atoms with van der Waals surface area (Å²) in [7, 11) is 0. The normalized spacial score (nSPS) is 18.9. The maximum Gasteiger partial charge on any atom is 0.295 e. The van der Waals surface area contributed by atoms with Gasteiger partial charge >= 0.3 is 0 Å². The molecule has 27 heavy (non-hydrogen) atoms. The first-order valence-electron chi connectivity index (χ1n) is 9.54. The number of hydrogen-bond acceptors (Lipinski definition) is 3. The lowest BCUT2D eigenvalue weighted by Crippen LogP contribution is -2.30. The molecule has 1 fully saturated rings. The monoisotopic (exact) mass is 363 g/mol. The van der Waals surface area contributed by atoms with Crippen LogP contribution in [0.4, 0.5) is 0 Å². The Labute approximate surface area is 160 Å². The van der Waals surface area contributed by atoms with E-state index in [4.69, 9.17) is 0 Å². The third kappa shape index (κ3) is 3.95. The summed E-state index contributed by atoms with van der Waals surface area (Å²) in [6.45, 7) is 2.64. The molecule has 1 amide bonds. The van der Waals surface area contributed by atoms with Crippen molar-refractivity contribution in [2.45, 2.75) is 38.6 Å². The molecule has 0 aromatic heterocycles. The number of Topliss-reactive ketones (excluding diaryl/α,β-unsaturated/α-hetero) is 1. The average molecular weight is 363 g/mol. The van der Waals surface area contributed by atoms with Gasteiger partial charge in [0.1, 0.15) is 5.76 Å². The zero-order valence-electron chi connectivity index (χ0n) is 15.6. The lowest BCUT2D eigenvalue weighted by Gasteiger charge is -2.25. The number of carbonyl (C=O) groups is 2. The second kappa shape index (κ2) is 8.67. The highest BCUT2D eigenvalue weighted by molar-refractivity contribution is 6.46. The lowest BCUT2D eigenvalue weighted by atomic mass is 9.95. The first kappa shape index (κ1) is 18.9. The van der Waals surface area contributed by atoms with Crippen LogP contribution in [0, 0.1) is 0 Å². The fourth-order valence-corrected chi connectivity index (χ4v) is 3.55. The van der Waals surface area contributed by atoms with Gasteiger partial charge < -0.3 is 10.0 Å². The Bertz CT molecular complexity index is 827. The van der Waals surface area contributed by atoms with E-state index in [0.29, 0.717) is 12.1 Å². The molecule has 1 saturated heterocycles. The Morgan fingerprint density at radius 1 is 0.926 bits per heavy atom. The molecule has 1 atom stereocenters. The van der Waals surface area contributed by atoms with Crippen LogP contribution in [0.2, 0.25) is 0 Å². The van der Waals surface area contributed by atoms with Gasteiger partial charge in [-0.3, -0.25) is 9.59 Å². The predicted octanol–water partition coefficient (Wildman–Crippen LogP) is 4.69. The summed E-state index contributed by atoms with van der Waals surface area (Å²) < 4.78 is 0. The SMILES string of the molecule is CCCCCCN1C(=O)C(=O)/C(=C(\O)c2ccccc2)C1c1ccccc1. The molecule has 4 nitrogen and oxygen atoms in total. The van der Waals surface area contributed by atoms with Gasteiger partial charge in [0.25, 0.3) is 11.7 Å². The van der Waals surface area contributed by atoms with Gasteiger partial charge in [0.05, 0.1) is 11.6 Å². The van der Waals surface area contributed by atoms with Gasteiger partial charge in [-0.15, -0.1) is 0 Å². The first-order chi connectivity index (χ1) is 13.1. The third-order valence-corrected chi connectivity index (χ3v) is 4.96. The molecular weight excluding hydrogens is 338 g/mol. The summed E-state index contributed by atoms with van der Waals surface area (Å²) in [5.74, 6) is -1.25. The van der Waals surface area contributed by atoms with E-state index in [0.717, 1.165) is 31.2 Å². The topological polar surface area (TPSA) is 57.6 Å². The number of ketones is 1. The summed E-state index contributed by atoms with van der Waals surface area (Å²) in [6, 6.07) is 17.8. The number of benzene rings is 2. The zero-order valence-corrected chi connectivity index (χ0v) is 15.6. The van der Waals surface area contributed by atoms with Gasteiger partial charge in [-0.05, 0) is 12.0 Å². The van der Waals surface area contributed by atoms with Crippen molar-refractivity contribution < 1.29 is 14.7 Å². The third-order valence-electron chi connectivity index (χ3n) is 4.96. The van der Waals surface area contributed by atoms with Gasteiger partial charge in [-0.25, -0.2) is 0 Å². The number of aliphatic hydroxyl groups excluding tert-OH is 1. The van der Waals surface area contributed by atoms with Crippen molar-refractivity contribution in [1.82, 2.24) is 4.90 Å². The molecule has 1 aliphatic heterocycles. The molecule has 0 spiro atoms. The van der Waals surface area contributed by atoms with Crippen LogP contribution < -0.4 is 0 Å². The molecule has 2 aromatic rings. The highest BCUT2D eigenvalue weighted by Crippen LogP contribution is 2.39. The van der Waals surface area contributed by atoms with E-state index in [1.807, 2.05) is 36.4 Å². The van der Waals surface area contributed by atoms with E-state index in [9.17, 15) is 14.7 Å². The Morgan fingerprint density at radius 3 is 2.19 bits per heavy atom. The number of hydrogen-bond donors (Lipinski definition) is 1. The molecule has 1 unspecified atom stereocenters. The standard InChI is InChI=1S/C23H25NO3/c1-2-3-4-11-16-24-20(17-12-7-5-8-13-17)19(22(26)23(24)27)21(25)18-14-9-6-10-15-18/h5-10,12-15,20,25H,2-4,11,16H2,1H3/b21-19-. The van der Waals surface area contributed by atoms with Crippen molar-refractivity contribution in [3.63, 3.8) is 0 Å². The Kier molecular flexibility index (Phi) is 6.07. The van der Waals surface area contributed by atoms with Gasteiger partial charge in [0.15, 0.2) is 0 Å². The molecule has 0 bridgehead atoms. The second-order valence-electron chi connectivity index (χ2n) is 6.83. The number of likely N-dealkylation sites (tertiary alicyclic amines) is 1. The van der Waals surface area contributed by atoms with Crippen molar-refractivity contribution in [3.05, 3.63) is 77.4 Å². The van der Waals surface area contributed by atoms with Crippen LogP contribution in [-0.4, -0.2) is 28.2 Å². The maximum absolute atomic E-state index is 12.8. The molecule has 1 N–H and O–H groups in total. The molecule has 4 heteroatoms. The van der Waals surface area contributed by atoms with Crippen molar-refractivity contribution in [2.75, 3.05) is 6.54 Å². The number of aliphatic hydroxyl groups is 1. The van der Waals surface area contributed by atoms with E-state index in [1.54, 1.807) is 29.2 Å². The molecule has 3 rings (SSSR count). The zero-order chi connectivity index (χ0) is 19.2. The Morgan fingerprint density at radius 2 is 1.56 bits per heavy atom. The molecule has 140 valence electrons. The van der Waals surface area contributed by atoms with Crippen LogP contribution in [0.15, 0.2) is 66.2 Å². The first-order valence-corrected chi connectivity index (χ1v) is 9.54.